The summed E-state index contributed by atoms with van der Waals surface area (Å²) in [4.78, 5) is 4.45. The molecule has 0 spiro atoms. The lowest BCUT2D eigenvalue weighted by Gasteiger charge is -2.00. The molecule has 0 atom stereocenters. The van der Waals surface area contributed by atoms with E-state index in [9.17, 15) is 4.39 Å². The third-order valence-corrected chi connectivity index (χ3v) is 3.91. The molecule has 116 valence electrons. The van der Waals surface area contributed by atoms with Crippen molar-refractivity contribution >= 4 is 22.7 Å². The highest BCUT2D eigenvalue weighted by molar-refractivity contribution is 7.14. The number of thiazole rings is 1. The fourth-order valence-corrected chi connectivity index (χ4v) is 2.62. The van der Waals surface area contributed by atoms with Gasteiger partial charge < -0.3 is 4.74 Å². The zero-order chi connectivity index (χ0) is 16.1. The second-order valence-electron chi connectivity index (χ2n) is 4.66. The van der Waals surface area contributed by atoms with Crippen molar-refractivity contribution in [3.8, 4) is 17.0 Å². The molecule has 0 saturated carbocycles. The van der Waals surface area contributed by atoms with Gasteiger partial charge in [-0.15, -0.1) is 11.3 Å². The Bertz CT molecular complexity index is 815. The molecule has 0 unspecified atom stereocenters. The van der Waals surface area contributed by atoms with Gasteiger partial charge >= 0.3 is 0 Å². The average Bonchev–Trinajstić information content (AvgIpc) is 3.06. The maximum absolute atomic E-state index is 13.5. The predicted octanol–water partition coefficient (Wildman–Crippen LogP) is 4.40. The van der Waals surface area contributed by atoms with E-state index in [1.54, 1.807) is 25.3 Å². The number of methoxy groups -OCH3 is 1. The van der Waals surface area contributed by atoms with Crippen LogP contribution in [0.2, 0.25) is 0 Å². The van der Waals surface area contributed by atoms with E-state index in [-0.39, 0.29) is 5.82 Å². The van der Waals surface area contributed by atoms with E-state index in [2.05, 4.69) is 15.5 Å². The first kappa shape index (κ1) is 15.2. The average molecular weight is 327 g/mol. The minimum absolute atomic E-state index is 0.309. The lowest BCUT2D eigenvalue weighted by atomic mass is 10.2. The summed E-state index contributed by atoms with van der Waals surface area (Å²) >= 11 is 1.43. The van der Waals surface area contributed by atoms with Gasteiger partial charge in [0.05, 0.1) is 19.0 Å². The monoisotopic (exact) mass is 327 g/mol. The van der Waals surface area contributed by atoms with Crippen molar-refractivity contribution in [2.75, 3.05) is 12.5 Å². The summed E-state index contributed by atoms with van der Waals surface area (Å²) in [6.07, 6.45) is 1.43. The van der Waals surface area contributed by atoms with E-state index < -0.39 is 0 Å². The van der Waals surface area contributed by atoms with Crippen LogP contribution >= 0.6 is 11.3 Å². The number of benzene rings is 2. The zero-order valence-electron chi connectivity index (χ0n) is 12.4. The quantitative estimate of drug-likeness (QED) is 0.558. The van der Waals surface area contributed by atoms with E-state index >= 15 is 0 Å². The van der Waals surface area contributed by atoms with Gasteiger partial charge in [-0.05, 0) is 30.3 Å². The van der Waals surface area contributed by atoms with Crippen LogP contribution in [0.1, 0.15) is 5.56 Å². The first-order valence-electron chi connectivity index (χ1n) is 6.90. The number of nitrogens with one attached hydrogen (secondary N) is 1. The smallest absolute Gasteiger partial charge is 0.203 e. The number of halogens is 1. The highest BCUT2D eigenvalue weighted by Gasteiger charge is 2.04. The number of ether oxygens (including phenoxy) is 1. The van der Waals surface area contributed by atoms with Gasteiger partial charge in [0.1, 0.15) is 11.6 Å². The SMILES string of the molecule is COc1ccc(-c2csc(N/N=C\c3ccccc3F)n2)cc1. The molecule has 23 heavy (non-hydrogen) atoms. The summed E-state index contributed by atoms with van der Waals surface area (Å²) in [5.41, 5.74) is 5.08. The largest absolute Gasteiger partial charge is 0.497 e. The molecule has 6 heteroatoms. The van der Waals surface area contributed by atoms with Crippen LogP contribution < -0.4 is 10.2 Å². The molecule has 3 rings (SSSR count). The molecule has 0 aliphatic carbocycles. The topological polar surface area (TPSA) is 46.5 Å². The number of hydrogen-bond acceptors (Lipinski definition) is 5. The molecule has 0 fully saturated rings. The summed E-state index contributed by atoms with van der Waals surface area (Å²) in [5.74, 6) is 0.493. The number of aromatic nitrogens is 1. The number of anilines is 1. The summed E-state index contributed by atoms with van der Waals surface area (Å²) in [7, 11) is 1.63. The summed E-state index contributed by atoms with van der Waals surface area (Å²) < 4.78 is 18.6. The lowest BCUT2D eigenvalue weighted by molar-refractivity contribution is 0.415. The first-order chi connectivity index (χ1) is 11.3. The molecule has 1 N–H and O–H groups in total. The van der Waals surface area contributed by atoms with Gasteiger partial charge in [-0.1, -0.05) is 18.2 Å². The van der Waals surface area contributed by atoms with Crippen molar-refractivity contribution < 1.29 is 9.13 Å². The second-order valence-corrected chi connectivity index (χ2v) is 5.52. The van der Waals surface area contributed by atoms with E-state index in [4.69, 9.17) is 4.74 Å². The maximum Gasteiger partial charge on any atom is 0.203 e. The summed E-state index contributed by atoms with van der Waals surface area (Å²) in [6.45, 7) is 0. The molecule has 0 amide bonds. The highest BCUT2D eigenvalue weighted by atomic mass is 32.1. The molecule has 0 bridgehead atoms. The first-order valence-corrected chi connectivity index (χ1v) is 7.78. The Morgan fingerprint density at radius 2 is 1.96 bits per heavy atom. The molecule has 0 radical (unpaired) electrons. The number of hydrazone groups is 1. The Labute approximate surface area is 137 Å². The third kappa shape index (κ3) is 3.73. The number of rotatable bonds is 5. The van der Waals surface area contributed by atoms with Gasteiger partial charge in [0.2, 0.25) is 5.13 Å². The standard InChI is InChI=1S/C17H14FN3OS/c1-22-14-8-6-12(7-9-14)16-11-23-17(20-16)21-19-10-13-4-2-3-5-15(13)18/h2-11H,1H3,(H,20,21)/b19-10-. The molecular formula is C17H14FN3OS. The predicted molar refractivity (Wildman–Crippen MR) is 91.7 cm³/mol. The van der Waals surface area contributed by atoms with Crippen molar-refractivity contribution in [1.82, 2.24) is 4.98 Å². The summed E-state index contributed by atoms with van der Waals surface area (Å²) in [5, 5.41) is 6.60. The lowest BCUT2D eigenvalue weighted by Crippen LogP contribution is -1.92. The van der Waals surface area contributed by atoms with Crippen LogP contribution in [0.3, 0.4) is 0 Å². The molecule has 1 heterocycles. The summed E-state index contributed by atoms with van der Waals surface area (Å²) in [6, 6.07) is 14.1. The Morgan fingerprint density at radius 1 is 1.17 bits per heavy atom. The van der Waals surface area contributed by atoms with Crippen LogP contribution in [0.15, 0.2) is 59.0 Å². The van der Waals surface area contributed by atoms with E-state index in [1.165, 1.54) is 23.6 Å². The Morgan fingerprint density at radius 3 is 2.70 bits per heavy atom. The fourth-order valence-electron chi connectivity index (χ4n) is 1.96. The van der Waals surface area contributed by atoms with Crippen LogP contribution in [0, 0.1) is 5.82 Å². The zero-order valence-corrected chi connectivity index (χ0v) is 13.2. The van der Waals surface area contributed by atoms with Crippen LogP contribution in [-0.2, 0) is 0 Å². The normalized spacial score (nSPS) is 10.9. The number of hydrogen-bond donors (Lipinski definition) is 1. The van der Waals surface area contributed by atoms with Gasteiger partial charge in [-0.3, -0.25) is 5.43 Å². The van der Waals surface area contributed by atoms with Crippen LogP contribution in [-0.4, -0.2) is 18.3 Å². The third-order valence-electron chi connectivity index (χ3n) is 3.16. The highest BCUT2D eigenvalue weighted by Crippen LogP contribution is 2.26. The van der Waals surface area contributed by atoms with Crippen molar-refractivity contribution in [1.29, 1.82) is 0 Å². The molecule has 0 aliphatic heterocycles. The molecule has 0 saturated heterocycles. The van der Waals surface area contributed by atoms with Crippen LogP contribution in [0.5, 0.6) is 5.75 Å². The van der Waals surface area contributed by atoms with Crippen molar-refractivity contribution in [2.24, 2.45) is 5.10 Å². The Hall–Kier alpha value is -2.73. The minimum Gasteiger partial charge on any atom is -0.497 e. The van der Waals surface area contributed by atoms with E-state index in [0.29, 0.717) is 10.7 Å². The number of nitrogens with zero attached hydrogens (tertiary/aromatic N) is 2. The van der Waals surface area contributed by atoms with Gasteiger partial charge in [0.15, 0.2) is 0 Å². The van der Waals surface area contributed by atoms with Crippen molar-refractivity contribution in [2.45, 2.75) is 0 Å². The van der Waals surface area contributed by atoms with Crippen molar-refractivity contribution in [3.05, 3.63) is 65.3 Å². The van der Waals surface area contributed by atoms with E-state index in [1.807, 2.05) is 29.6 Å². The van der Waals surface area contributed by atoms with Crippen LogP contribution in [0.25, 0.3) is 11.3 Å². The Balaban J connectivity index is 1.68. The minimum atomic E-state index is -0.309. The Kier molecular flexibility index (Phi) is 4.63. The van der Waals surface area contributed by atoms with E-state index in [0.717, 1.165) is 17.0 Å². The fraction of sp³-hybridized carbons (Fsp3) is 0.0588. The molecule has 0 aliphatic rings. The second kappa shape index (κ2) is 7.02. The maximum atomic E-state index is 13.5. The molecule has 1 aromatic heterocycles. The van der Waals surface area contributed by atoms with Gasteiger partial charge in [0.25, 0.3) is 0 Å². The van der Waals surface area contributed by atoms with Crippen LogP contribution in [0.4, 0.5) is 9.52 Å². The van der Waals surface area contributed by atoms with Gasteiger partial charge in [-0.2, -0.15) is 5.10 Å². The van der Waals surface area contributed by atoms with Crippen molar-refractivity contribution in [3.63, 3.8) is 0 Å². The molecule has 3 aromatic rings. The van der Waals surface area contributed by atoms with Gasteiger partial charge in [0, 0.05) is 16.5 Å². The molecule has 2 aromatic carbocycles. The molecular weight excluding hydrogens is 313 g/mol. The molecule has 4 nitrogen and oxygen atoms in total. The van der Waals surface area contributed by atoms with Gasteiger partial charge in [-0.25, -0.2) is 9.37 Å².